The number of ether oxygens (including phenoxy) is 2. The topological polar surface area (TPSA) is 72.8 Å². The standard InChI is InChI=1S/C76H136O5/c1-3-5-7-9-11-13-15-17-19-21-23-25-27-29-31-33-35-37-39-40-42-44-46-48-50-52-54-56-58-60-62-64-66-68-70-75(78)80-73-74(72-77)81-76(79)71-69-67-65-63-61-59-57-55-53-51-49-47-45-43-41-38-36-34-32-30-28-26-24-22-20-18-16-14-12-10-8-6-4-2/h6,8,12,14,18,20,24,26,30,32,36,38,43,45,74,77H,3-5,7,9-11,13,15-17,19,21-23,25,27-29,31,33-35,37,39-42,44,46-73H2,1-2H3/b8-6-,14-12-,20-18-,26-24-,32-30-,38-36-,45-43-. The fourth-order valence-electron chi connectivity index (χ4n) is 10.7. The first-order valence-corrected chi connectivity index (χ1v) is 35.6. The second kappa shape index (κ2) is 71.3. The van der Waals surface area contributed by atoms with Crippen LogP contribution in [-0.2, 0) is 19.1 Å². The van der Waals surface area contributed by atoms with Gasteiger partial charge in [-0.2, -0.15) is 0 Å². The lowest BCUT2D eigenvalue weighted by Crippen LogP contribution is -2.28. The molecule has 1 N–H and O–H groups in total. The number of carbonyl (C=O) groups excluding carboxylic acids is 2. The molecule has 0 heterocycles. The molecule has 0 aliphatic carbocycles. The Morgan fingerprint density at radius 2 is 0.531 bits per heavy atom. The maximum Gasteiger partial charge on any atom is 0.306 e. The summed E-state index contributed by atoms with van der Waals surface area (Å²) >= 11 is 0. The first kappa shape index (κ1) is 78.1. The predicted molar refractivity (Wildman–Crippen MR) is 357 cm³/mol. The fourth-order valence-corrected chi connectivity index (χ4v) is 10.7. The molecule has 5 nitrogen and oxygen atoms in total. The van der Waals surface area contributed by atoms with E-state index in [1.807, 2.05) is 0 Å². The normalized spacial score (nSPS) is 12.7. The van der Waals surface area contributed by atoms with Gasteiger partial charge in [0.1, 0.15) is 6.61 Å². The minimum Gasteiger partial charge on any atom is -0.462 e. The highest BCUT2D eigenvalue weighted by atomic mass is 16.6. The zero-order valence-corrected chi connectivity index (χ0v) is 54.0. The molecule has 0 radical (unpaired) electrons. The van der Waals surface area contributed by atoms with Crippen LogP contribution in [0.25, 0.3) is 0 Å². The molecular formula is C76H136O5. The monoisotopic (exact) mass is 1130 g/mol. The molecule has 0 aliphatic rings. The number of aliphatic hydroxyl groups excluding tert-OH is 1. The molecule has 0 spiro atoms. The molecule has 81 heavy (non-hydrogen) atoms. The highest BCUT2D eigenvalue weighted by molar-refractivity contribution is 5.70. The number of unbranched alkanes of at least 4 members (excludes halogenated alkanes) is 44. The SMILES string of the molecule is CC/C=C\C/C=C\C/C=C\C/C=C\C/C=C\C/C=C\C/C=C\CCCCCCCCCCCCCC(=O)OC(CO)COC(=O)CCCCCCCCCCCCCCCCCCCCCCCCCCCCCCCCCCCC. The van der Waals surface area contributed by atoms with Crippen molar-refractivity contribution >= 4 is 11.9 Å². The largest absolute Gasteiger partial charge is 0.462 e. The van der Waals surface area contributed by atoms with Crippen molar-refractivity contribution < 1.29 is 24.2 Å². The number of hydrogen-bond acceptors (Lipinski definition) is 5. The first-order valence-electron chi connectivity index (χ1n) is 35.6. The summed E-state index contributed by atoms with van der Waals surface area (Å²) in [6.45, 7) is 4.07. The van der Waals surface area contributed by atoms with E-state index in [4.69, 9.17) is 9.47 Å². The Morgan fingerprint density at radius 1 is 0.296 bits per heavy atom. The molecule has 0 saturated heterocycles. The molecule has 5 heteroatoms. The van der Waals surface area contributed by atoms with Gasteiger partial charge >= 0.3 is 11.9 Å². The summed E-state index contributed by atoms with van der Waals surface area (Å²) in [4.78, 5) is 24.7. The molecule has 0 fully saturated rings. The van der Waals surface area contributed by atoms with Gasteiger partial charge in [-0.1, -0.05) is 369 Å². The van der Waals surface area contributed by atoms with Crippen LogP contribution in [0.15, 0.2) is 85.1 Å². The van der Waals surface area contributed by atoms with Crippen LogP contribution in [-0.4, -0.2) is 36.4 Å². The van der Waals surface area contributed by atoms with Crippen LogP contribution in [0.1, 0.15) is 367 Å². The van der Waals surface area contributed by atoms with Crippen molar-refractivity contribution in [3.63, 3.8) is 0 Å². The first-order chi connectivity index (χ1) is 40.1. The van der Waals surface area contributed by atoms with E-state index in [0.29, 0.717) is 12.8 Å². The highest BCUT2D eigenvalue weighted by Gasteiger charge is 2.16. The summed E-state index contributed by atoms with van der Waals surface area (Å²) in [6.07, 6.45) is 101. The summed E-state index contributed by atoms with van der Waals surface area (Å²) < 4.78 is 10.8. The molecule has 0 aliphatic heterocycles. The van der Waals surface area contributed by atoms with Crippen LogP contribution in [0.2, 0.25) is 0 Å². The van der Waals surface area contributed by atoms with Crippen LogP contribution in [0.3, 0.4) is 0 Å². The predicted octanol–water partition coefficient (Wildman–Crippen LogP) is 24.8. The zero-order chi connectivity index (χ0) is 58.4. The fraction of sp³-hybridized carbons (Fsp3) is 0.789. The third-order valence-corrected chi connectivity index (χ3v) is 16.0. The Balaban J connectivity index is 3.44. The molecule has 0 aromatic rings. The molecule has 1 atom stereocenters. The van der Waals surface area contributed by atoms with E-state index in [9.17, 15) is 14.7 Å². The molecule has 0 saturated carbocycles. The third-order valence-electron chi connectivity index (χ3n) is 16.0. The summed E-state index contributed by atoms with van der Waals surface area (Å²) in [5.74, 6) is -0.580. The Bertz CT molecular complexity index is 1470. The van der Waals surface area contributed by atoms with Gasteiger partial charge < -0.3 is 14.6 Å². The number of esters is 2. The van der Waals surface area contributed by atoms with Gasteiger partial charge in [0.15, 0.2) is 6.10 Å². The lowest BCUT2D eigenvalue weighted by molar-refractivity contribution is -0.161. The van der Waals surface area contributed by atoms with Gasteiger partial charge in [0.25, 0.3) is 0 Å². The summed E-state index contributed by atoms with van der Waals surface area (Å²) in [5, 5.41) is 9.71. The van der Waals surface area contributed by atoms with E-state index < -0.39 is 6.10 Å². The lowest BCUT2D eigenvalue weighted by atomic mass is 10.0. The van der Waals surface area contributed by atoms with E-state index in [-0.39, 0.29) is 25.2 Å². The van der Waals surface area contributed by atoms with Crippen molar-refractivity contribution in [2.45, 2.75) is 373 Å². The number of aliphatic hydroxyl groups is 1. The van der Waals surface area contributed by atoms with Crippen molar-refractivity contribution in [1.29, 1.82) is 0 Å². The quantitative estimate of drug-likeness (QED) is 0.0373. The second-order valence-corrected chi connectivity index (χ2v) is 23.9. The molecule has 0 aromatic heterocycles. The Labute approximate surface area is 505 Å². The Hall–Kier alpha value is -2.92. The van der Waals surface area contributed by atoms with E-state index in [1.54, 1.807) is 0 Å². The average Bonchev–Trinajstić information content (AvgIpc) is 3.47. The van der Waals surface area contributed by atoms with Crippen molar-refractivity contribution in [3.05, 3.63) is 85.1 Å². The van der Waals surface area contributed by atoms with Crippen molar-refractivity contribution in [2.24, 2.45) is 0 Å². The summed E-state index contributed by atoms with van der Waals surface area (Å²) in [5.41, 5.74) is 0. The molecule has 1 unspecified atom stereocenters. The number of hydrogen-bond donors (Lipinski definition) is 1. The van der Waals surface area contributed by atoms with Gasteiger partial charge in [0.2, 0.25) is 0 Å². The van der Waals surface area contributed by atoms with Gasteiger partial charge in [-0.25, -0.2) is 0 Å². The lowest BCUT2D eigenvalue weighted by Gasteiger charge is -2.15. The molecule has 470 valence electrons. The maximum atomic E-state index is 12.4. The van der Waals surface area contributed by atoms with Gasteiger partial charge in [0.05, 0.1) is 6.61 Å². The third kappa shape index (κ3) is 69.5. The van der Waals surface area contributed by atoms with Crippen molar-refractivity contribution in [1.82, 2.24) is 0 Å². The number of allylic oxidation sites excluding steroid dienone is 14. The number of rotatable bonds is 66. The highest BCUT2D eigenvalue weighted by Crippen LogP contribution is 2.19. The zero-order valence-electron chi connectivity index (χ0n) is 54.0. The smallest absolute Gasteiger partial charge is 0.306 e. The minimum absolute atomic E-state index is 0.0660. The Morgan fingerprint density at radius 3 is 0.802 bits per heavy atom. The second-order valence-electron chi connectivity index (χ2n) is 23.9. The summed E-state index contributed by atoms with van der Waals surface area (Å²) in [6, 6.07) is 0. The van der Waals surface area contributed by atoms with E-state index in [0.717, 1.165) is 83.5 Å². The van der Waals surface area contributed by atoms with Gasteiger partial charge in [-0.3, -0.25) is 9.59 Å². The average molecular weight is 1130 g/mol. The molecule has 0 rings (SSSR count). The summed E-state index contributed by atoms with van der Waals surface area (Å²) in [7, 11) is 0. The minimum atomic E-state index is -0.778. The molecule has 0 aromatic carbocycles. The molecular weight excluding hydrogens is 993 g/mol. The number of carbonyl (C=O) groups is 2. The van der Waals surface area contributed by atoms with Gasteiger partial charge in [-0.05, 0) is 70.6 Å². The van der Waals surface area contributed by atoms with E-state index in [1.165, 1.54) is 257 Å². The van der Waals surface area contributed by atoms with Crippen LogP contribution < -0.4 is 0 Å². The van der Waals surface area contributed by atoms with Crippen molar-refractivity contribution in [3.8, 4) is 0 Å². The van der Waals surface area contributed by atoms with E-state index in [2.05, 4.69) is 98.9 Å². The van der Waals surface area contributed by atoms with E-state index >= 15 is 0 Å². The molecule has 0 amide bonds. The Kier molecular flexibility index (Phi) is 68.8. The van der Waals surface area contributed by atoms with Crippen LogP contribution in [0.4, 0.5) is 0 Å². The van der Waals surface area contributed by atoms with Crippen molar-refractivity contribution in [2.75, 3.05) is 13.2 Å². The maximum absolute atomic E-state index is 12.4. The van der Waals surface area contributed by atoms with Gasteiger partial charge in [0, 0.05) is 12.8 Å². The van der Waals surface area contributed by atoms with Gasteiger partial charge in [-0.15, -0.1) is 0 Å². The van der Waals surface area contributed by atoms with Crippen LogP contribution >= 0.6 is 0 Å². The molecule has 0 bridgehead atoms. The van der Waals surface area contributed by atoms with Crippen LogP contribution in [0.5, 0.6) is 0 Å². The van der Waals surface area contributed by atoms with Crippen LogP contribution in [0, 0.1) is 0 Å².